The molecule has 4 bridgehead atoms. The number of likely N-dealkylation sites (N-methyl/N-ethyl adjacent to an activating group) is 1. The molecule has 1 saturated carbocycles. The number of aliphatic hydroxyl groups is 2. The maximum atomic E-state index is 14.9. The van der Waals surface area contributed by atoms with Gasteiger partial charge in [0.2, 0.25) is 23.6 Å². The number of benzene rings is 3. The summed E-state index contributed by atoms with van der Waals surface area (Å²) in [4.78, 5) is 81.5. The number of fused-ring (bicyclic) bond motifs is 5. The molecular weight excluding hydrogens is 1000 g/mol. The molecule has 25 heteroatoms. The van der Waals surface area contributed by atoms with Crippen LogP contribution in [0.4, 0.5) is 0 Å². The van der Waals surface area contributed by atoms with E-state index >= 15 is 0 Å². The summed E-state index contributed by atoms with van der Waals surface area (Å²) in [6, 6.07) is 11.9. The number of nitrogens with zero attached hydrogens (tertiary/aromatic N) is 4. The smallest absolute Gasteiger partial charge is 0.274 e. The van der Waals surface area contributed by atoms with Crippen LogP contribution in [0.25, 0.3) is 22.5 Å². The molecule has 24 nitrogen and oxygen atoms in total. The number of nitrogens with one attached hydrogen (secondary N) is 5. The van der Waals surface area contributed by atoms with Gasteiger partial charge in [-0.05, 0) is 106 Å². The zero-order valence-corrected chi connectivity index (χ0v) is 43.3. The van der Waals surface area contributed by atoms with Gasteiger partial charge in [-0.25, -0.2) is 15.1 Å². The molecular formula is C51H64N12O12S. The molecule has 1 aliphatic heterocycles. The molecule has 5 atom stereocenters. The molecule has 1 aromatic heterocycles. The van der Waals surface area contributed by atoms with Gasteiger partial charge in [0, 0.05) is 43.2 Å². The van der Waals surface area contributed by atoms with Crippen LogP contribution in [0.5, 0.6) is 17.2 Å². The number of aromatic nitrogens is 2. The monoisotopic (exact) mass is 1070 g/mol. The van der Waals surface area contributed by atoms with E-state index in [4.69, 9.17) is 30.8 Å². The molecule has 13 N–H and O–H groups in total. The number of ether oxygens (including phenoxy) is 3. The highest BCUT2D eigenvalue weighted by molar-refractivity contribution is 7.87. The molecule has 0 radical (unpaired) electrons. The average molecular weight is 1070 g/mol. The largest absolute Gasteiger partial charge is 0.508 e. The Hall–Kier alpha value is -7.73. The number of amides is 5. The van der Waals surface area contributed by atoms with Crippen molar-refractivity contribution in [3.63, 3.8) is 0 Å². The molecule has 2 heterocycles. The van der Waals surface area contributed by atoms with Crippen LogP contribution in [0.2, 0.25) is 0 Å². The van der Waals surface area contributed by atoms with Gasteiger partial charge in [-0.1, -0.05) is 18.6 Å². The number of rotatable bonds is 19. The maximum Gasteiger partial charge on any atom is 0.274 e. The number of aliphatic hydroxyl groups excluding tert-OH is 2. The molecule has 4 aromatic rings. The highest BCUT2D eigenvalue weighted by Gasteiger charge is 2.37. The summed E-state index contributed by atoms with van der Waals surface area (Å²) in [5.41, 5.74) is 13.3. The van der Waals surface area contributed by atoms with Gasteiger partial charge in [0.1, 0.15) is 72.7 Å². The summed E-state index contributed by atoms with van der Waals surface area (Å²) in [6.07, 6.45) is 5.25. The first kappa shape index (κ1) is 57.5. The van der Waals surface area contributed by atoms with Crippen LogP contribution < -0.4 is 56.8 Å². The Morgan fingerprint density at radius 1 is 0.961 bits per heavy atom. The fourth-order valence-corrected chi connectivity index (χ4v) is 9.04. The summed E-state index contributed by atoms with van der Waals surface area (Å²) >= 11 is 0. The Balaban J connectivity index is 1.42. The van der Waals surface area contributed by atoms with E-state index in [2.05, 4.69) is 36.0 Å². The van der Waals surface area contributed by atoms with Crippen LogP contribution in [0.3, 0.4) is 0 Å². The van der Waals surface area contributed by atoms with Crippen molar-refractivity contribution in [1.82, 2.24) is 40.9 Å². The van der Waals surface area contributed by atoms with Crippen LogP contribution in [0.15, 0.2) is 72.7 Å². The third kappa shape index (κ3) is 15.2. The second-order valence-electron chi connectivity index (χ2n) is 18.4. The van der Waals surface area contributed by atoms with Gasteiger partial charge in [-0.3, -0.25) is 24.0 Å². The van der Waals surface area contributed by atoms with Crippen molar-refractivity contribution >= 4 is 39.7 Å². The number of aryl methyl sites for hydroxylation is 2. The van der Waals surface area contributed by atoms with Gasteiger partial charge in [-0.2, -0.15) is 18.4 Å². The second-order valence-corrected chi connectivity index (χ2v) is 19.7. The summed E-state index contributed by atoms with van der Waals surface area (Å²) in [6.45, 7) is 2.51. The third-order valence-corrected chi connectivity index (χ3v) is 13.2. The van der Waals surface area contributed by atoms with Crippen molar-refractivity contribution in [2.24, 2.45) is 16.6 Å². The van der Waals surface area contributed by atoms with E-state index in [9.17, 15) is 47.9 Å². The van der Waals surface area contributed by atoms with Gasteiger partial charge in [0.05, 0.1) is 35.7 Å². The van der Waals surface area contributed by atoms with E-state index in [1.165, 1.54) is 44.7 Å². The highest BCUT2D eigenvalue weighted by atomic mass is 32.2. The van der Waals surface area contributed by atoms with Crippen molar-refractivity contribution in [3.8, 4) is 45.8 Å². The number of hydrogen-bond donors (Lipinski definition) is 10. The van der Waals surface area contributed by atoms with E-state index in [1.807, 2.05) is 30.3 Å². The van der Waals surface area contributed by atoms with E-state index in [0.29, 0.717) is 22.7 Å². The maximum absolute atomic E-state index is 14.9. The Morgan fingerprint density at radius 2 is 1.63 bits per heavy atom. The molecule has 0 spiro atoms. The molecule has 1 aliphatic carbocycles. The minimum atomic E-state index is -4.50. The molecule has 2 aliphatic rings. The zero-order chi connectivity index (χ0) is 55.3. The third-order valence-electron chi connectivity index (χ3n) is 12.6. The quantitative estimate of drug-likeness (QED) is 0.0460. The lowest BCUT2D eigenvalue weighted by Gasteiger charge is -2.32. The minimum absolute atomic E-state index is 0.0258. The van der Waals surface area contributed by atoms with Crippen molar-refractivity contribution < 1.29 is 56.8 Å². The average Bonchev–Trinajstić information content (AvgIpc) is 3.39. The Morgan fingerprint density at radius 3 is 2.28 bits per heavy atom. The van der Waals surface area contributed by atoms with Crippen molar-refractivity contribution in [2.75, 3.05) is 39.8 Å². The summed E-state index contributed by atoms with van der Waals surface area (Å²) in [5.74, 6) is -3.59. The Labute approximate surface area is 439 Å². The lowest BCUT2D eigenvalue weighted by atomic mass is 9.93. The van der Waals surface area contributed by atoms with E-state index in [1.54, 1.807) is 26.0 Å². The summed E-state index contributed by atoms with van der Waals surface area (Å²) < 4.78 is 44.9. The molecule has 406 valence electrons. The number of carbonyl (C=O) groups is 5. The number of hydrogen-bond acceptors (Lipinski definition) is 17. The number of nitrogens with two attached hydrogens (primary N) is 3. The number of nitriles is 1. The first-order chi connectivity index (χ1) is 36.2. The van der Waals surface area contributed by atoms with E-state index in [0.717, 1.165) is 36.8 Å². The molecule has 1 fully saturated rings. The van der Waals surface area contributed by atoms with Crippen LogP contribution >= 0.6 is 0 Å². The van der Waals surface area contributed by atoms with Gasteiger partial charge in [-0.15, -0.1) is 0 Å². The standard InChI is InChI=1S/C51H64N12O12S/c1-28-44(29(2)59-46(58-28)32-11-14-37(15-12-32)75-36-8-6-5-7-9-36)49(68)62-41(25-57-76(55,71)72)51(70)63(4)45-33-13-17-43(74-27-35(65)24-54)39(22-33)38-20-31(10-16-42(38)73-26-34(64)23-53)21-40(48(67)56-19-18-52)61-47(66)30(3)60-50(45)69/h10-17,20,22,26,30,35-36,40-41,45,57,64-65H,5-9,19,21,23-25,27,53-54H2,1-4H3,(H,56,67)(H,60,69)(H,61,66)(H,62,68)(H2,55,71,72)/b34-26-/t30-,35+,40-,41-,45-/m0/s1. The highest BCUT2D eigenvalue weighted by Crippen LogP contribution is 2.40. The van der Waals surface area contributed by atoms with E-state index in [-0.39, 0.29) is 83.1 Å². The van der Waals surface area contributed by atoms with Crippen LogP contribution in [0, 0.1) is 25.2 Å². The fourth-order valence-electron chi connectivity index (χ4n) is 8.64. The van der Waals surface area contributed by atoms with Crippen molar-refractivity contribution in [1.29, 1.82) is 5.26 Å². The lowest BCUT2D eigenvalue weighted by Crippen LogP contribution is -2.57. The van der Waals surface area contributed by atoms with Crippen LogP contribution in [-0.4, -0.2) is 133 Å². The molecule has 0 unspecified atom stereocenters. The molecule has 5 amide bonds. The van der Waals surface area contributed by atoms with Crippen LogP contribution in [-0.2, 0) is 35.8 Å². The van der Waals surface area contributed by atoms with Gasteiger partial charge in [0.25, 0.3) is 16.1 Å². The summed E-state index contributed by atoms with van der Waals surface area (Å²) in [7, 11) is -3.29. The second kappa shape index (κ2) is 26.2. The lowest BCUT2D eigenvalue weighted by molar-refractivity contribution is -0.141. The number of carbonyl (C=O) groups excluding carboxylic acids is 5. The molecule has 0 saturated heterocycles. The summed E-state index contributed by atoms with van der Waals surface area (Å²) in [5, 5.41) is 45.5. The van der Waals surface area contributed by atoms with Gasteiger partial charge < -0.3 is 62.1 Å². The normalized spacial score (nSPS) is 18.1. The predicted octanol–water partition coefficient (Wildman–Crippen LogP) is 0.851. The SMILES string of the molecule is Cc1nc(-c2ccc(OC3CCCCC3)cc2)nc(C)c1C(=O)N[C@@H](CNS(N)(=O)=O)C(=O)N(C)[C@@H]1C(=O)N[C@@H](C)C(=O)N[C@H](C(=O)NCC#N)Cc2ccc(O/C=C(\O)CN)c(c2)-c2cc1ccc2OC[C@H](O)CN. The zero-order valence-electron chi connectivity index (χ0n) is 42.5. The minimum Gasteiger partial charge on any atom is -0.508 e. The Bertz CT molecular complexity index is 2940. The fraction of sp³-hybridized carbons (Fsp3) is 0.412. The predicted molar refractivity (Wildman–Crippen MR) is 277 cm³/mol. The Kier molecular flexibility index (Phi) is 19.8. The van der Waals surface area contributed by atoms with Gasteiger partial charge >= 0.3 is 0 Å². The van der Waals surface area contributed by atoms with Crippen molar-refractivity contribution in [2.45, 2.75) is 95.7 Å². The molecule has 3 aromatic carbocycles. The van der Waals surface area contributed by atoms with Crippen molar-refractivity contribution in [3.05, 3.63) is 101 Å². The van der Waals surface area contributed by atoms with Gasteiger partial charge in [0.15, 0.2) is 5.82 Å². The van der Waals surface area contributed by atoms with Crippen LogP contribution in [0.1, 0.15) is 77.9 Å². The first-order valence-electron chi connectivity index (χ1n) is 24.5. The molecule has 6 rings (SSSR count). The topological polar surface area (TPSA) is 379 Å². The molecule has 76 heavy (non-hydrogen) atoms. The van der Waals surface area contributed by atoms with E-state index < -0.39 is 83.1 Å². The first-order valence-corrected chi connectivity index (χ1v) is 26.0.